The van der Waals surface area contributed by atoms with Crippen LogP contribution in [0.4, 0.5) is 0 Å². The number of aromatic hydroxyl groups is 1. The number of Topliss-reactive ketones (excluding diaryl/α,β-unsaturated/α-hetero) is 1. The summed E-state index contributed by atoms with van der Waals surface area (Å²) < 4.78 is 11.8. The number of hydrogen-bond donors (Lipinski definition) is 3. The first-order valence-electron chi connectivity index (χ1n) is 8.77. The molecule has 0 spiro atoms. The molecule has 6 atom stereocenters. The van der Waals surface area contributed by atoms with Gasteiger partial charge in [0, 0.05) is 12.3 Å². The van der Waals surface area contributed by atoms with Gasteiger partial charge >= 0.3 is 0 Å². The van der Waals surface area contributed by atoms with E-state index in [1.54, 1.807) is 25.1 Å². The van der Waals surface area contributed by atoms with Gasteiger partial charge in [-0.25, -0.2) is 0 Å². The van der Waals surface area contributed by atoms with Crippen LogP contribution in [0.2, 0.25) is 0 Å². The number of ether oxygens (including phenoxy) is 2. The van der Waals surface area contributed by atoms with Crippen molar-refractivity contribution in [3.05, 3.63) is 48.2 Å². The number of benzene rings is 1. The molecule has 1 aromatic carbocycles. The summed E-state index contributed by atoms with van der Waals surface area (Å²) in [5.74, 6) is -1.03. The molecule has 3 aliphatic rings. The van der Waals surface area contributed by atoms with Crippen molar-refractivity contribution < 1.29 is 29.6 Å². The number of fused-ring (bicyclic) bond motifs is 2. The van der Waals surface area contributed by atoms with E-state index in [0.29, 0.717) is 17.6 Å². The van der Waals surface area contributed by atoms with Crippen LogP contribution < -0.4 is 0 Å². The maximum absolute atomic E-state index is 13.0. The van der Waals surface area contributed by atoms with Crippen LogP contribution in [0.3, 0.4) is 0 Å². The molecule has 1 aliphatic carbocycles. The number of aliphatic hydroxyl groups is 2. The van der Waals surface area contributed by atoms with Gasteiger partial charge < -0.3 is 24.8 Å². The molecule has 0 amide bonds. The van der Waals surface area contributed by atoms with Crippen molar-refractivity contribution in [2.45, 2.75) is 37.3 Å². The Hall–Kier alpha value is -2.15. The summed E-state index contributed by atoms with van der Waals surface area (Å²) in [7, 11) is 0. The molecule has 4 rings (SSSR count). The molecule has 1 fully saturated rings. The molecule has 2 aliphatic heterocycles. The number of allylic oxidation sites excluding steroid dienone is 1. The van der Waals surface area contributed by atoms with Gasteiger partial charge in [-0.1, -0.05) is 24.3 Å². The predicted octanol–water partition coefficient (Wildman–Crippen LogP) is 1.40. The number of phenols is 1. The summed E-state index contributed by atoms with van der Waals surface area (Å²) in [5.41, 5.74) is 0.257. The maximum Gasteiger partial charge on any atom is 0.175 e. The molecule has 0 aromatic heterocycles. The standard InChI is InChI=1S/C20H22O6/c1-20(10-21)7-6-13-15(26-20)8-16-17(18(13)23)19(24)14(9-25-16)11-2-4-12(22)5-3-11/h2-7,9,13,15-18,21-23H,8,10H2,1H3. The van der Waals surface area contributed by atoms with Crippen LogP contribution in [0.1, 0.15) is 18.9 Å². The minimum absolute atomic E-state index is 0.119. The Labute approximate surface area is 151 Å². The van der Waals surface area contributed by atoms with Crippen LogP contribution >= 0.6 is 0 Å². The number of phenolic OH excluding ortho intramolecular Hbond substituents is 1. The van der Waals surface area contributed by atoms with E-state index < -0.39 is 23.7 Å². The summed E-state index contributed by atoms with van der Waals surface area (Å²) >= 11 is 0. The Morgan fingerprint density at radius 2 is 1.96 bits per heavy atom. The van der Waals surface area contributed by atoms with Crippen LogP contribution in [0.25, 0.3) is 5.57 Å². The topological polar surface area (TPSA) is 96.2 Å². The number of ketones is 1. The third-order valence-corrected chi connectivity index (χ3v) is 5.57. The SMILES string of the molecule is CC1(CO)C=CC2C(CC3OC=C(c4ccc(O)cc4)C(=O)C3C2O)O1. The average molecular weight is 358 g/mol. The van der Waals surface area contributed by atoms with Gasteiger partial charge in [-0.3, -0.25) is 4.79 Å². The second-order valence-corrected chi connectivity index (χ2v) is 7.43. The molecule has 3 N–H and O–H groups in total. The van der Waals surface area contributed by atoms with Crippen LogP contribution in [0, 0.1) is 11.8 Å². The van der Waals surface area contributed by atoms with E-state index in [9.17, 15) is 20.1 Å². The Morgan fingerprint density at radius 3 is 2.65 bits per heavy atom. The lowest BCUT2D eigenvalue weighted by Crippen LogP contribution is -2.57. The molecule has 6 unspecified atom stereocenters. The van der Waals surface area contributed by atoms with Gasteiger partial charge in [-0.05, 0) is 24.6 Å². The van der Waals surface area contributed by atoms with Crippen LogP contribution in [-0.2, 0) is 14.3 Å². The van der Waals surface area contributed by atoms with Crippen molar-refractivity contribution in [3.63, 3.8) is 0 Å². The van der Waals surface area contributed by atoms with Gasteiger partial charge in [0.25, 0.3) is 0 Å². The lowest BCUT2D eigenvalue weighted by atomic mass is 9.69. The van der Waals surface area contributed by atoms with Crippen molar-refractivity contribution in [1.82, 2.24) is 0 Å². The fourth-order valence-electron chi connectivity index (χ4n) is 4.07. The Morgan fingerprint density at radius 1 is 1.23 bits per heavy atom. The highest BCUT2D eigenvalue weighted by Gasteiger charge is 2.52. The summed E-state index contributed by atoms with van der Waals surface area (Å²) in [6, 6.07) is 6.32. The van der Waals surface area contributed by atoms with Gasteiger partial charge in [0.05, 0.1) is 36.6 Å². The first-order chi connectivity index (χ1) is 12.4. The summed E-state index contributed by atoms with van der Waals surface area (Å²) in [5, 5.41) is 29.8. The molecule has 138 valence electrons. The quantitative estimate of drug-likeness (QED) is 0.692. The Kier molecular flexibility index (Phi) is 4.14. The molecule has 6 heteroatoms. The lowest BCUT2D eigenvalue weighted by molar-refractivity contribution is -0.177. The monoisotopic (exact) mass is 358 g/mol. The number of hydrogen-bond acceptors (Lipinski definition) is 6. The largest absolute Gasteiger partial charge is 0.508 e. The molecule has 26 heavy (non-hydrogen) atoms. The zero-order valence-corrected chi connectivity index (χ0v) is 14.4. The van der Waals surface area contributed by atoms with Gasteiger partial charge in [-0.15, -0.1) is 0 Å². The van der Waals surface area contributed by atoms with E-state index in [1.165, 1.54) is 18.4 Å². The fourth-order valence-corrected chi connectivity index (χ4v) is 4.07. The number of aliphatic hydroxyl groups excluding tert-OH is 2. The van der Waals surface area contributed by atoms with Gasteiger partial charge in [0.15, 0.2) is 5.78 Å². The van der Waals surface area contributed by atoms with E-state index in [2.05, 4.69) is 0 Å². The van der Waals surface area contributed by atoms with Crippen LogP contribution in [0.5, 0.6) is 5.75 Å². The Bertz CT molecular complexity index is 767. The molecule has 1 aromatic rings. The fraction of sp³-hybridized carbons (Fsp3) is 0.450. The van der Waals surface area contributed by atoms with Crippen molar-refractivity contribution >= 4 is 11.4 Å². The highest BCUT2D eigenvalue weighted by atomic mass is 16.5. The maximum atomic E-state index is 13.0. The summed E-state index contributed by atoms with van der Waals surface area (Å²) in [4.78, 5) is 13.0. The van der Waals surface area contributed by atoms with Crippen molar-refractivity contribution in [3.8, 4) is 5.75 Å². The molecule has 0 saturated heterocycles. The van der Waals surface area contributed by atoms with E-state index in [1.807, 2.05) is 6.08 Å². The third kappa shape index (κ3) is 2.74. The second-order valence-electron chi connectivity index (χ2n) is 7.43. The van der Waals surface area contributed by atoms with E-state index in [4.69, 9.17) is 9.47 Å². The highest BCUT2D eigenvalue weighted by Crippen LogP contribution is 2.43. The molecular weight excluding hydrogens is 336 g/mol. The predicted molar refractivity (Wildman–Crippen MR) is 93.1 cm³/mol. The third-order valence-electron chi connectivity index (χ3n) is 5.57. The van der Waals surface area contributed by atoms with Crippen LogP contribution in [-0.4, -0.2) is 51.6 Å². The summed E-state index contributed by atoms with van der Waals surface area (Å²) in [6.45, 7) is 1.63. The van der Waals surface area contributed by atoms with Crippen molar-refractivity contribution in [2.75, 3.05) is 6.61 Å². The van der Waals surface area contributed by atoms with E-state index in [0.717, 1.165) is 0 Å². The molecule has 0 radical (unpaired) electrons. The van der Waals surface area contributed by atoms with Crippen molar-refractivity contribution in [1.29, 1.82) is 0 Å². The minimum atomic E-state index is -0.924. The molecule has 6 nitrogen and oxygen atoms in total. The molecule has 1 saturated carbocycles. The van der Waals surface area contributed by atoms with Crippen LogP contribution in [0.15, 0.2) is 42.7 Å². The highest BCUT2D eigenvalue weighted by molar-refractivity contribution is 6.22. The molecule has 2 heterocycles. The number of carbonyl (C=O) groups is 1. The smallest absolute Gasteiger partial charge is 0.175 e. The zero-order chi connectivity index (χ0) is 18.5. The number of rotatable bonds is 2. The van der Waals surface area contributed by atoms with E-state index >= 15 is 0 Å². The second kappa shape index (κ2) is 6.23. The lowest BCUT2D eigenvalue weighted by Gasteiger charge is -2.48. The summed E-state index contributed by atoms with van der Waals surface area (Å²) in [6.07, 6.45) is 3.80. The van der Waals surface area contributed by atoms with Gasteiger partial charge in [-0.2, -0.15) is 0 Å². The average Bonchev–Trinajstić information content (AvgIpc) is 2.63. The van der Waals surface area contributed by atoms with Crippen molar-refractivity contribution in [2.24, 2.45) is 11.8 Å². The molecular formula is C20H22O6. The number of carbonyl (C=O) groups excluding carboxylic acids is 1. The molecule has 0 bridgehead atoms. The zero-order valence-electron chi connectivity index (χ0n) is 14.4. The van der Waals surface area contributed by atoms with Gasteiger partial charge in [0.2, 0.25) is 0 Å². The minimum Gasteiger partial charge on any atom is -0.508 e. The Balaban J connectivity index is 1.62. The normalized spacial score (nSPS) is 38.8. The first-order valence-corrected chi connectivity index (χ1v) is 8.77. The first kappa shape index (κ1) is 17.3. The van der Waals surface area contributed by atoms with Gasteiger partial charge in [0.1, 0.15) is 17.5 Å². The van der Waals surface area contributed by atoms with E-state index in [-0.39, 0.29) is 30.2 Å².